The minimum Gasteiger partial charge on any atom is -0.308 e. The summed E-state index contributed by atoms with van der Waals surface area (Å²) in [5.74, 6) is 0. The van der Waals surface area contributed by atoms with Crippen LogP contribution in [-0.4, -0.2) is 21.8 Å². The number of aryl methyl sites for hydroxylation is 2. The zero-order valence-electron chi connectivity index (χ0n) is 10.8. The fourth-order valence-corrected chi connectivity index (χ4v) is 2.38. The highest BCUT2D eigenvalue weighted by Crippen LogP contribution is 2.29. The topological polar surface area (TPSA) is 42.7 Å². The zero-order chi connectivity index (χ0) is 13.1. The average molecular weight is 265 g/mol. The van der Waals surface area contributed by atoms with E-state index in [0.717, 1.165) is 17.8 Å². The summed E-state index contributed by atoms with van der Waals surface area (Å²) in [6.45, 7) is 4.91. The van der Waals surface area contributed by atoms with E-state index in [0.29, 0.717) is 5.02 Å². The second kappa shape index (κ2) is 5.50. The highest BCUT2D eigenvalue weighted by Gasteiger charge is 2.21. The number of nitrogens with one attached hydrogen (secondary N) is 1. The summed E-state index contributed by atoms with van der Waals surface area (Å²) in [5.41, 5.74) is 3.29. The maximum Gasteiger partial charge on any atom is 0.0837 e. The molecule has 2 rings (SSSR count). The molecule has 0 bridgehead atoms. The number of hydrogen-bond acceptors (Lipinski definition) is 3. The van der Waals surface area contributed by atoms with Crippen molar-refractivity contribution in [3.8, 4) is 0 Å². The molecule has 0 saturated heterocycles. The van der Waals surface area contributed by atoms with Crippen LogP contribution >= 0.6 is 11.6 Å². The van der Waals surface area contributed by atoms with Gasteiger partial charge in [0.05, 0.1) is 23.0 Å². The molecule has 0 radical (unpaired) electrons. The van der Waals surface area contributed by atoms with Crippen molar-refractivity contribution in [3.05, 3.63) is 46.5 Å². The van der Waals surface area contributed by atoms with Crippen LogP contribution in [0.3, 0.4) is 0 Å². The van der Waals surface area contributed by atoms with Crippen LogP contribution in [0.1, 0.15) is 29.8 Å². The Morgan fingerprint density at radius 1 is 1.44 bits per heavy atom. The van der Waals surface area contributed by atoms with Crippen molar-refractivity contribution in [2.45, 2.75) is 26.4 Å². The van der Waals surface area contributed by atoms with E-state index in [-0.39, 0.29) is 6.04 Å². The molecule has 2 heterocycles. The molecule has 0 saturated carbocycles. The molecule has 1 N–H and O–H groups in total. The van der Waals surface area contributed by atoms with E-state index >= 15 is 0 Å². The van der Waals surface area contributed by atoms with Crippen molar-refractivity contribution in [3.63, 3.8) is 0 Å². The molecular weight excluding hydrogens is 248 g/mol. The average Bonchev–Trinajstić information content (AvgIpc) is 2.74. The molecule has 1 unspecified atom stereocenters. The smallest absolute Gasteiger partial charge is 0.0837 e. The van der Waals surface area contributed by atoms with Gasteiger partial charge >= 0.3 is 0 Å². The molecule has 2 aromatic heterocycles. The van der Waals surface area contributed by atoms with E-state index in [9.17, 15) is 0 Å². The maximum atomic E-state index is 6.26. The Kier molecular flexibility index (Phi) is 3.99. The van der Waals surface area contributed by atoms with E-state index in [1.807, 2.05) is 24.0 Å². The number of rotatable bonds is 4. The molecular formula is C13H17ClN4. The fourth-order valence-electron chi connectivity index (χ4n) is 2.13. The van der Waals surface area contributed by atoms with Gasteiger partial charge in [0.25, 0.3) is 0 Å². The van der Waals surface area contributed by atoms with E-state index < -0.39 is 0 Å². The van der Waals surface area contributed by atoms with Crippen molar-refractivity contribution in [1.82, 2.24) is 20.1 Å². The number of nitrogens with zero attached hydrogens (tertiary/aromatic N) is 3. The Labute approximate surface area is 112 Å². The standard InChI is InChI=1S/C13H17ClN4/c1-4-18-13(11(14)8-17-18)12(15-3)10-7-16-6-5-9(10)2/h5-8,12,15H,4H2,1-3H3. The van der Waals surface area contributed by atoms with Crippen LogP contribution in [0.25, 0.3) is 0 Å². The van der Waals surface area contributed by atoms with E-state index in [1.165, 1.54) is 5.56 Å². The molecule has 5 heteroatoms. The first kappa shape index (κ1) is 13.1. The summed E-state index contributed by atoms with van der Waals surface area (Å²) < 4.78 is 1.91. The summed E-state index contributed by atoms with van der Waals surface area (Å²) in [6.07, 6.45) is 5.36. The molecule has 96 valence electrons. The Bertz CT molecular complexity index is 536. The van der Waals surface area contributed by atoms with Crippen LogP contribution < -0.4 is 5.32 Å². The third-order valence-corrected chi connectivity index (χ3v) is 3.38. The lowest BCUT2D eigenvalue weighted by molar-refractivity contribution is 0.561. The lowest BCUT2D eigenvalue weighted by Gasteiger charge is -2.20. The normalized spacial score (nSPS) is 12.7. The number of aromatic nitrogens is 3. The SMILES string of the molecule is CCn1ncc(Cl)c1C(NC)c1cnccc1C. The van der Waals surface area contributed by atoms with Crippen LogP contribution in [0.4, 0.5) is 0 Å². The summed E-state index contributed by atoms with van der Waals surface area (Å²) in [7, 11) is 1.92. The van der Waals surface area contributed by atoms with Gasteiger partial charge in [-0.1, -0.05) is 11.6 Å². The van der Waals surface area contributed by atoms with Crippen LogP contribution in [0.15, 0.2) is 24.7 Å². The number of hydrogen-bond donors (Lipinski definition) is 1. The summed E-state index contributed by atoms with van der Waals surface area (Å²) in [5, 5.41) is 8.25. The zero-order valence-corrected chi connectivity index (χ0v) is 11.6. The van der Waals surface area contributed by atoms with Gasteiger partial charge in [0.1, 0.15) is 0 Å². The van der Waals surface area contributed by atoms with Gasteiger partial charge in [0.15, 0.2) is 0 Å². The second-order valence-corrected chi connectivity index (χ2v) is 4.55. The van der Waals surface area contributed by atoms with Gasteiger partial charge in [-0.25, -0.2) is 0 Å². The van der Waals surface area contributed by atoms with Crippen molar-refractivity contribution < 1.29 is 0 Å². The van der Waals surface area contributed by atoms with Gasteiger partial charge in [-0.15, -0.1) is 0 Å². The monoisotopic (exact) mass is 264 g/mol. The molecule has 0 aliphatic carbocycles. The largest absolute Gasteiger partial charge is 0.308 e. The van der Waals surface area contributed by atoms with Crippen molar-refractivity contribution in [1.29, 1.82) is 0 Å². The number of halogens is 1. The lowest BCUT2D eigenvalue weighted by Crippen LogP contribution is -2.22. The van der Waals surface area contributed by atoms with Crippen LogP contribution in [0.5, 0.6) is 0 Å². The fraction of sp³-hybridized carbons (Fsp3) is 0.385. The van der Waals surface area contributed by atoms with Gasteiger partial charge in [0, 0.05) is 18.9 Å². The molecule has 18 heavy (non-hydrogen) atoms. The van der Waals surface area contributed by atoms with E-state index in [2.05, 4.69) is 29.2 Å². The first-order valence-electron chi connectivity index (χ1n) is 5.98. The van der Waals surface area contributed by atoms with Crippen LogP contribution in [0, 0.1) is 6.92 Å². The predicted molar refractivity (Wildman–Crippen MR) is 72.8 cm³/mol. The van der Waals surface area contributed by atoms with E-state index in [1.54, 1.807) is 12.4 Å². The third-order valence-electron chi connectivity index (χ3n) is 3.09. The summed E-state index contributed by atoms with van der Waals surface area (Å²) in [6, 6.07) is 2.01. The van der Waals surface area contributed by atoms with Crippen LogP contribution in [-0.2, 0) is 6.54 Å². The quantitative estimate of drug-likeness (QED) is 0.923. The Hall–Kier alpha value is -1.39. The lowest BCUT2D eigenvalue weighted by atomic mass is 10.0. The van der Waals surface area contributed by atoms with Crippen molar-refractivity contribution in [2.24, 2.45) is 0 Å². The Morgan fingerprint density at radius 3 is 2.83 bits per heavy atom. The molecule has 0 aromatic carbocycles. The summed E-state index contributed by atoms with van der Waals surface area (Å²) >= 11 is 6.26. The summed E-state index contributed by atoms with van der Waals surface area (Å²) in [4.78, 5) is 4.20. The highest BCUT2D eigenvalue weighted by atomic mass is 35.5. The molecule has 0 aliphatic heterocycles. The van der Waals surface area contributed by atoms with Gasteiger partial charge < -0.3 is 5.32 Å². The Balaban J connectivity index is 2.52. The molecule has 0 spiro atoms. The first-order chi connectivity index (χ1) is 8.69. The third kappa shape index (κ3) is 2.26. The molecule has 0 fully saturated rings. The minimum absolute atomic E-state index is 0.00801. The second-order valence-electron chi connectivity index (χ2n) is 4.15. The van der Waals surface area contributed by atoms with E-state index in [4.69, 9.17) is 11.6 Å². The highest BCUT2D eigenvalue weighted by molar-refractivity contribution is 6.31. The maximum absolute atomic E-state index is 6.26. The molecule has 1 atom stereocenters. The van der Waals surface area contributed by atoms with Gasteiger partial charge in [0.2, 0.25) is 0 Å². The van der Waals surface area contributed by atoms with Crippen LogP contribution in [0.2, 0.25) is 5.02 Å². The van der Waals surface area contributed by atoms with Gasteiger partial charge in [-0.05, 0) is 38.1 Å². The Morgan fingerprint density at radius 2 is 2.22 bits per heavy atom. The molecule has 2 aromatic rings. The molecule has 0 amide bonds. The van der Waals surface area contributed by atoms with Crippen molar-refractivity contribution in [2.75, 3.05) is 7.05 Å². The van der Waals surface area contributed by atoms with Gasteiger partial charge in [-0.2, -0.15) is 5.10 Å². The minimum atomic E-state index is 0.00801. The van der Waals surface area contributed by atoms with Gasteiger partial charge in [-0.3, -0.25) is 9.67 Å². The molecule has 0 aliphatic rings. The number of pyridine rings is 1. The predicted octanol–water partition coefficient (Wildman–Crippen LogP) is 2.57. The van der Waals surface area contributed by atoms with Crippen molar-refractivity contribution >= 4 is 11.6 Å². The first-order valence-corrected chi connectivity index (χ1v) is 6.35. The molecule has 4 nitrogen and oxygen atoms in total.